The third-order valence-electron chi connectivity index (χ3n) is 5.76. The number of aromatic nitrogens is 4. The first-order valence-electron chi connectivity index (χ1n) is 9.93. The number of nitrogens with zero attached hydrogens (tertiary/aromatic N) is 5. The molecule has 1 atom stereocenters. The monoisotopic (exact) mass is 353 g/mol. The Labute approximate surface area is 154 Å². The first-order valence-corrected chi connectivity index (χ1v) is 9.93. The molecule has 2 aliphatic carbocycles. The molecule has 0 N–H and O–H groups in total. The third-order valence-corrected chi connectivity index (χ3v) is 5.76. The number of rotatable bonds is 7. The van der Waals surface area contributed by atoms with Gasteiger partial charge >= 0.3 is 0 Å². The van der Waals surface area contributed by atoms with Crippen molar-refractivity contribution in [1.82, 2.24) is 19.7 Å². The first kappa shape index (κ1) is 16.2. The molecule has 0 spiro atoms. The van der Waals surface area contributed by atoms with Gasteiger partial charge in [0.1, 0.15) is 0 Å². The van der Waals surface area contributed by atoms with Crippen LogP contribution in [0.25, 0.3) is 0 Å². The highest BCUT2D eigenvalue weighted by atomic mass is 16.5. The summed E-state index contributed by atoms with van der Waals surface area (Å²) in [7, 11) is 0. The lowest BCUT2D eigenvalue weighted by Gasteiger charge is -2.33. The number of hydrogen-bond acceptors (Lipinski definition) is 5. The highest BCUT2D eigenvalue weighted by molar-refractivity contribution is 5.42. The number of fused-ring (bicyclic) bond motifs is 1. The number of aryl methyl sites for hydroxylation is 1. The molecule has 0 saturated heterocycles. The predicted molar refractivity (Wildman–Crippen MR) is 99.1 cm³/mol. The Hall–Kier alpha value is -1.95. The van der Waals surface area contributed by atoms with Crippen LogP contribution in [0, 0.1) is 18.8 Å². The van der Waals surface area contributed by atoms with Crippen molar-refractivity contribution in [2.45, 2.75) is 51.6 Å². The van der Waals surface area contributed by atoms with Gasteiger partial charge in [0.05, 0.1) is 30.9 Å². The average molecular weight is 353 g/mol. The number of anilines is 1. The zero-order valence-corrected chi connectivity index (χ0v) is 15.5. The van der Waals surface area contributed by atoms with E-state index in [2.05, 4.69) is 25.7 Å². The third kappa shape index (κ3) is 3.47. The topological polar surface area (TPSA) is 56.1 Å². The van der Waals surface area contributed by atoms with Crippen LogP contribution in [-0.4, -0.2) is 39.5 Å². The fraction of sp³-hybridized carbons (Fsp3) is 0.650. The first-order chi connectivity index (χ1) is 12.8. The van der Waals surface area contributed by atoms with Gasteiger partial charge in [-0.3, -0.25) is 0 Å². The summed E-state index contributed by atoms with van der Waals surface area (Å²) < 4.78 is 8.50. The Balaban J connectivity index is 1.38. The number of hydrogen-bond donors (Lipinski definition) is 0. The maximum atomic E-state index is 6.10. The van der Waals surface area contributed by atoms with E-state index in [-0.39, 0.29) is 0 Å². The summed E-state index contributed by atoms with van der Waals surface area (Å²) in [5.41, 5.74) is 3.52. The second-order valence-electron chi connectivity index (χ2n) is 8.26. The molecule has 2 aromatic rings. The van der Waals surface area contributed by atoms with Gasteiger partial charge < -0.3 is 14.2 Å². The van der Waals surface area contributed by atoms with Gasteiger partial charge in [0.25, 0.3) is 0 Å². The standard InChI is InChI=1S/C20H27N5O/c1-14-2-7-19(23-22-14)24-9-17(12-26-11-16-5-6-16)20-18(10-24)21-13-25(20)8-15-3-4-15/h2,7,13,15-17H,3-6,8-12H2,1H3. The van der Waals surface area contributed by atoms with Gasteiger partial charge in [-0.25, -0.2) is 4.98 Å². The van der Waals surface area contributed by atoms with E-state index in [0.29, 0.717) is 5.92 Å². The molecule has 1 aliphatic heterocycles. The van der Waals surface area contributed by atoms with E-state index in [1.807, 2.05) is 19.3 Å². The summed E-state index contributed by atoms with van der Waals surface area (Å²) in [5, 5.41) is 8.63. The minimum absolute atomic E-state index is 0.349. The molecular formula is C20H27N5O. The van der Waals surface area contributed by atoms with Crippen LogP contribution in [0.1, 0.15) is 48.7 Å². The molecule has 0 amide bonds. The maximum Gasteiger partial charge on any atom is 0.151 e. The molecule has 26 heavy (non-hydrogen) atoms. The lowest BCUT2D eigenvalue weighted by molar-refractivity contribution is 0.108. The molecule has 5 rings (SSSR count). The van der Waals surface area contributed by atoms with E-state index in [9.17, 15) is 0 Å². The van der Waals surface area contributed by atoms with Crippen LogP contribution >= 0.6 is 0 Å². The van der Waals surface area contributed by atoms with Crippen molar-refractivity contribution in [3.05, 3.63) is 35.5 Å². The van der Waals surface area contributed by atoms with Gasteiger partial charge in [-0.15, -0.1) is 5.10 Å². The Morgan fingerprint density at radius 1 is 1.08 bits per heavy atom. The average Bonchev–Trinajstić information content (AvgIpc) is 3.56. The molecule has 3 aliphatic rings. The van der Waals surface area contributed by atoms with Gasteiger partial charge in [-0.2, -0.15) is 5.10 Å². The smallest absolute Gasteiger partial charge is 0.151 e. The summed E-state index contributed by atoms with van der Waals surface area (Å²) >= 11 is 0. The molecular weight excluding hydrogens is 326 g/mol. The van der Waals surface area contributed by atoms with E-state index >= 15 is 0 Å². The van der Waals surface area contributed by atoms with Crippen molar-refractivity contribution in [3.8, 4) is 0 Å². The van der Waals surface area contributed by atoms with Gasteiger partial charge in [-0.05, 0) is 56.6 Å². The molecule has 0 bridgehead atoms. The van der Waals surface area contributed by atoms with Gasteiger partial charge in [0.2, 0.25) is 0 Å². The second-order valence-corrected chi connectivity index (χ2v) is 8.26. The van der Waals surface area contributed by atoms with Crippen molar-refractivity contribution >= 4 is 5.82 Å². The summed E-state index contributed by atoms with van der Waals surface area (Å²) in [6, 6.07) is 4.10. The van der Waals surface area contributed by atoms with Crippen LogP contribution in [0.5, 0.6) is 0 Å². The lowest BCUT2D eigenvalue weighted by Crippen LogP contribution is -2.37. The van der Waals surface area contributed by atoms with Crippen LogP contribution in [-0.2, 0) is 17.8 Å². The molecule has 2 fully saturated rings. The van der Waals surface area contributed by atoms with Crippen molar-refractivity contribution in [3.63, 3.8) is 0 Å². The van der Waals surface area contributed by atoms with Crippen LogP contribution in [0.2, 0.25) is 0 Å². The fourth-order valence-corrected chi connectivity index (χ4v) is 3.88. The van der Waals surface area contributed by atoms with Crippen LogP contribution in [0.15, 0.2) is 18.5 Å². The van der Waals surface area contributed by atoms with Gasteiger partial charge in [-0.1, -0.05) is 0 Å². The molecule has 2 aromatic heterocycles. The molecule has 6 heteroatoms. The van der Waals surface area contributed by atoms with E-state index in [1.165, 1.54) is 37.1 Å². The summed E-state index contributed by atoms with van der Waals surface area (Å²) in [6.45, 7) is 6.50. The Morgan fingerprint density at radius 2 is 1.92 bits per heavy atom. The Bertz CT molecular complexity index is 763. The van der Waals surface area contributed by atoms with Crippen LogP contribution < -0.4 is 4.90 Å². The molecule has 6 nitrogen and oxygen atoms in total. The zero-order valence-electron chi connectivity index (χ0n) is 15.5. The van der Waals surface area contributed by atoms with Crippen molar-refractivity contribution in [2.75, 3.05) is 24.7 Å². The van der Waals surface area contributed by atoms with Crippen molar-refractivity contribution < 1.29 is 4.74 Å². The van der Waals surface area contributed by atoms with Crippen molar-refractivity contribution in [2.24, 2.45) is 11.8 Å². The quantitative estimate of drug-likeness (QED) is 0.766. The van der Waals surface area contributed by atoms with Gasteiger partial charge in [0, 0.05) is 31.3 Å². The zero-order chi connectivity index (χ0) is 17.5. The normalized spacial score (nSPS) is 22.5. The number of imidazole rings is 1. The van der Waals surface area contributed by atoms with E-state index in [0.717, 1.165) is 56.2 Å². The number of ether oxygens (including phenoxy) is 1. The minimum atomic E-state index is 0.349. The molecule has 2 saturated carbocycles. The second kappa shape index (κ2) is 6.65. The minimum Gasteiger partial charge on any atom is -0.380 e. The van der Waals surface area contributed by atoms with Crippen LogP contribution in [0.3, 0.4) is 0 Å². The molecule has 0 aromatic carbocycles. The molecule has 3 heterocycles. The Morgan fingerprint density at radius 3 is 2.65 bits per heavy atom. The highest BCUT2D eigenvalue weighted by Crippen LogP contribution is 2.36. The Kier molecular flexibility index (Phi) is 4.15. The molecule has 0 radical (unpaired) electrons. The molecule has 138 valence electrons. The SMILES string of the molecule is Cc1ccc(N2Cc3ncn(CC4CC4)c3C(COCC3CC3)C2)nn1. The maximum absolute atomic E-state index is 6.10. The van der Waals surface area contributed by atoms with Gasteiger partial charge in [0.15, 0.2) is 5.82 Å². The lowest BCUT2D eigenvalue weighted by atomic mass is 9.98. The molecule has 1 unspecified atom stereocenters. The summed E-state index contributed by atoms with van der Waals surface area (Å²) in [4.78, 5) is 7.05. The highest BCUT2D eigenvalue weighted by Gasteiger charge is 2.33. The fourth-order valence-electron chi connectivity index (χ4n) is 3.88. The summed E-state index contributed by atoms with van der Waals surface area (Å²) in [6.07, 6.45) is 7.43. The van der Waals surface area contributed by atoms with E-state index < -0.39 is 0 Å². The van der Waals surface area contributed by atoms with Crippen molar-refractivity contribution in [1.29, 1.82) is 0 Å². The summed E-state index contributed by atoms with van der Waals surface area (Å²) in [5.74, 6) is 2.93. The van der Waals surface area contributed by atoms with Crippen LogP contribution in [0.4, 0.5) is 5.82 Å². The van der Waals surface area contributed by atoms with E-state index in [4.69, 9.17) is 9.72 Å². The van der Waals surface area contributed by atoms with E-state index in [1.54, 1.807) is 0 Å². The largest absolute Gasteiger partial charge is 0.380 e. The predicted octanol–water partition coefficient (Wildman–Crippen LogP) is 2.92.